The molecule has 0 spiro atoms. The number of urea groups is 1. The molecule has 3 fully saturated rings. The summed E-state index contributed by atoms with van der Waals surface area (Å²) in [6, 6.07) is -0.150. The van der Waals surface area contributed by atoms with Gasteiger partial charge in [0, 0.05) is 38.1 Å². The van der Waals surface area contributed by atoms with E-state index in [0.29, 0.717) is 11.3 Å². The highest BCUT2D eigenvalue weighted by Crippen LogP contribution is 2.49. The zero-order chi connectivity index (χ0) is 41.6. The minimum atomic E-state index is -1.32. The molecule has 310 valence electrons. The molecule has 53 heavy (non-hydrogen) atoms. The second-order valence-electron chi connectivity index (χ2n) is 16.9. The number of amides is 4. The van der Waals surface area contributed by atoms with Crippen LogP contribution in [0.3, 0.4) is 0 Å². The lowest BCUT2D eigenvalue weighted by atomic mass is 9.61. The van der Waals surface area contributed by atoms with E-state index in [4.69, 9.17) is 9.90 Å². The number of carboxylic acids is 1. The van der Waals surface area contributed by atoms with Gasteiger partial charge in [0.05, 0.1) is 6.04 Å². The van der Waals surface area contributed by atoms with Crippen LogP contribution < -0.4 is 27.0 Å². The molecular formula is C40H78N6O7. The van der Waals surface area contributed by atoms with Crippen LogP contribution in [0.5, 0.6) is 0 Å². The van der Waals surface area contributed by atoms with Crippen molar-refractivity contribution in [3.8, 4) is 0 Å². The number of hydrogen-bond acceptors (Lipinski definition) is 8. The van der Waals surface area contributed by atoms with Crippen molar-refractivity contribution in [3.05, 3.63) is 0 Å². The number of rotatable bonds is 15. The summed E-state index contributed by atoms with van der Waals surface area (Å²) in [7, 11) is 1.50. The summed E-state index contributed by atoms with van der Waals surface area (Å²) in [5.41, 5.74) is 3.44. The van der Waals surface area contributed by atoms with E-state index in [1.807, 2.05) is 39.4 Å². The van der Waals surface area contributed by atoms with Crippen LogP contribution in [0, 0.1) is 28.6 Å². The number of carboxylic acid groups (broad SMARTS) is 1. The van der Waals surface area contributed by atoms with Gasteiger partial charge in [-0.3, -0.25) is 14.4 Å². The van der Waals surface area contributed by atoms with E-state index in [1.165, 1.54) is 65.8 Å². The Hall–Kier alpha value is -3.06. The molecular weight excluding hydrogens is 676 g/mol. The van der Waals surface area contributed by atoms with Gasteiger partial charge in [0.15, 0.2) is 0 Å². The van der Waals surface area contributed by atoms with Crippen molar-refractivity contribution in [1.82, 2.24) is 26.2 Å². The highest BCUT2D eigenvalue weighted by atomic mass is 16.4. The Morgan fingerprint density at radius 3 is 1.87 bits per heavy atom. The van der Waals surface area contributed by atoms with E-state index in [0.717, 1.165) is 44.2 Å². The van der Waals surface area contributed by atoms with Crippen LogP contribution in [-0.2, 0) is 24.0 Å². The average Bonchev–Trinajstić information content (AvgIpc) is 3.45. The molecule has 13 heteroatoms. The number of nitrogens with two attached hydrogens (primary N) is 1. The Morgan fingerprint density at radius 2 is 1.47 bits per heavy atom. The summed E-state index contributed by atoms with van der Waals surface area (Å²) < 4.78 is 0. The molecule has 1 aliphatic heterocycles. The number of Topliss-reactive ketones (excluding diaryl/α,β-unsaturated/α-hetero) is 1. The molecule has 3 rings (SSSR count). The summed E-state index contributed by atoms with van der Waals surface area (Å²) in [6.45, 7) is 25.3. The van der Waals surface area contributed by atoms with Gasteiger partial charge in [0.1, 0.15) is 18.1 Å². The minimum absolute atomic E-state index is 0.0164. The van der Waals surface area contributed by atoms with Gasteiger partial charge in [0.2, 0.25) is 12.3 Å². The van der Waals surface area contributed by atoms with Crippen molar-refractivity contribution >= 4 is 36.9 Å². The molecule has 4 unspecified atom stereocenters. The molecule has 0 aromatic heterocycles. The summed E-state index contributed by atoms with van der Waals surface area (Å²) in [5.74, 6) is 0.831. The Balaban J connectivity index is 0. The lowest BCUT2D eigenvalue weighted by Gasteiger charge is -2.44. The number of ketones is 1. The highest BCUT2D eigenvalue weighted by Gasteiger charge is 2.45. The molecule has 0 aromatic carbocycles. The predicted molar refractivity (Wildman–Crippen MR) is 213 cm³/mol. The van der Waals surface area contributed by atoms with E-state index in [2.05, 4.69) is 54.7 Å². The van der Waals surface area contributed by atoms with Crippen LogP contribution in [0.25, 0.3) is 0 Å². The first-order chi connectivity index (χ1) is 24.7. The molecule has 3 aliphatic rings. The first-order valence-electron chi connectivity index (χ1n) is 19.6. The summed E-state index contributed by atoms with van der Waals surface area (Å²) in [5, 5.41) is 20.1. The number of carbonyl (C=O) groups is 6. The summed E-state index contributed by atoms with van der Waals surface area (Å²) >= 11 is 0. The zero-order valence-corrected chi connectivity index (χ0v) is 35.4. The number of hydrogen-bond donors (Lipinski definition) is 6. The molecule has 0 radical (unpaired) electrons. The van der Waals surface area contributed by atoms with Crippen molar-refractivity contribution in [1.29, 1.82) is 0 Å². The fraction of sp³-hybridized carbons (Fsp3) is 0.850. The normalized spacial score (nSPS) is 19.5. The lowest BCUT2D eigenvalue weighted by molar-refractivity contribution is -0.146. The van der Waals surface area contributed by atoms with Crippen LogP contribution in [0.15, 0.2) is 0 Å². The van der Waals surface area contributed by atoms with Crippen molar-refractivity contribution in [2.45, 2.75) is 164 Å². The topological polar surface area (TPSA) is 200 Å². The van der Waals surface area contributed by atoms with Crippen molar-refractivity contribution in [3.63, 3.8) is 0 Å². The number of nitrogens with one attached hydrogen (secondary N) is 4. The van der Waals surface area contributed by atoms with Crippen LogP contribution in [0.1, 0.15) is 140 Å². The van der Waals surface area contributed by atoms with Crippen LogP contribution in [0.4, 0.5) is 4.79 Å². The van der Waals surface area contributed by atoms with Gasteiger partial charge < -0.3 is 41.8 Å². The molecule has 0 aromatic rings. The van der Waals surface area contributed by atoms with E-state index in [1.54, 1.807) is 6.92 Å². The molecule has 1 saturated heterocycles. The SMILES string of the molecule is C=O.CC(=O)C(CC1CCC1)NCC1CC(C(C)(C)C2CCC2)CN1C=O.CC(NC(=O)NCCC(=O)NC(C)(C)C(=O)O)C(C)(C)C.CCC.CN. The third kappa shape index (κ3) is 19.2. The minimum Gasteiger partial charge on any atom is -0.480 e. The van der Waals surface area contributed by atoms with Gasteiger partial charge in [-0.1, -0.05) is 80.6 Å². The molecule has 4 amide bonds. The third-order valence-electron chi connectivity index (χ3n) is 11.0. The van der Waals surface area contributed by atoms with Gasteiger partial charge in [0.25, 0.3) is 0 Å². The molecule has 2 aliphatic carbocycles. The quantitative estimate of drug-likeness (QED) is 0.120. The molecule has 4 atom stereocenters. The molecule has 2 saturated carbocycles. The third-order valence-corrected chi connectivity index (χ3v) is 11.0. The smallest absolute Gasteiger partial charge is 0.328 e. The molecule has 7 N–H and O–H groups in total. The fourth-order valence-electron chi connectivity index (χ4n) is 6.25. The number of nitrogens with zero attached hydrogens (tertiary/aromatic N) is 1. The fourth-order valence-corrected chi connectivity index (χ4v) is 6.25. The predicted octanol–water partition coefficient (Wildman–Crippen LogP) is 5.29. The first-order valence-corrected chi connectivity index (χ1v) is 19.6. The van der Waals surface area contributed by atoms with E-state index < -0.39 is 17.4 Å². The van der Waals surface area contributed by atoms with Gasteiger partial charge in [-0.15, -0.1) is 0 Å². The second-order valence-corrected chi connectivity index (χ2v) is 16.9. The summed E-state index contributed by atoms with van der Waals surface area (Å²) in [4.78, 5) is 67.6. The number of carbonyl (C=O) groups excluding carboxylic acids is 5. The maximum absolute atomic E-state index is 12.0. The maximum Gasteiger partial charge on any atom is 0.328 e. The number of likely N-dealkylation sites (tertiary alicyclic amines) is 1. The highest BCUT2D eigenvalue weighted by molar-refractivity contribution is 5.86. The van der Waals surface area contributed by atoms with Crippen LogP contribution in [0.2, 0.25) is 0 Å². The second kappa shape index (κ2) is 25.9. The Labute approximate surface area is 321 Å². The first kappa shape index (κ1) is 52.0. The largest absolute Gasteiger partial charge is 0.480 e. The van der Waals surface area contributed by atoms with Gasteiger partial charge in [-0.25, -0.2) is 9.59 Å². The van der Waals surface area contributed by atoms with Gasteiger partial charge in [-0.05, 0) is 89.0 Å². The number of aliphatic carboxylic acids is 1. The lowest BCUT2D eigenvalue weighted by Crippen LogP contribution is -2.51. The Bertz CT molecular complexity index is 1090. The Kier molecular flexibility index (Phi) is 25.4. The van der Waals surface area contributed by atoms with E-state index >= 15 is 0 Å². The van der Waals surface area contributed by atoms with Crippen molar-refractivity contribution < 1.29 is 33.9 Å². The molecule has 0 bridgehead atoms. The maximum atomic E-state index is 12.0. The monoisotopic (exact) mass is 755 g/mol. The zero-order valence-electron chi connectivity index (χ0n) is 35.4. The average molecular weight is 755 g/mol. The summed E-state index contributed by atoms with van der Waals surface area (Å²) in [6.07, 6.45) is 12.3. The van der Waals surface area contributed by atoms with E-state index in [9.17, 15) is 24.0 Å². The van der Waals surface area contributed by atoms with Gasteiger partial charge in [-0.2, -0.15) is 0 Å². The Morgan fingerprint density at radius 1 is 0.943 bits per heavy atom. The van der Waals surface area contributed by atoms with Gasteiger partial charge >= 0.3 is 12.0 Å². The van der Waals surface area contributed by atoms with Crippen molar-refractivity contribution in [2.24, 2.45) is 34.3 Å². The molecule has 1 heterocycles. The van der Waals surface area contributed by atoms with Crippen LogP contribution in [-0.4, -0.2) is 97.2 Å². The standard InChI is InChI=1S/C21H36N2O2.C14H27N3O4.C3H8.CH5N.CH2O/c1-15(25)20(10-16-6-4-7-16)22-12-19-11-18(13-23(19)14-24)21(2,3)17-8-5-9-17;1-9(13(2,3)4)16-12(21)15-8-7-10(18)17-14(5,6)11(19)20;1-3-2;2*1-2/h14,16-20,22H,4-13H2,1-3H3;9H,7-8H2,1-6H3,(H,17,18)(H,19,20)(H2,15,16,21);3H2,1-2H3;2H2,1H3;1H2. The molecule has 13 nitrogen and oxygen atoms in total. The van der Waals surface area contributed by atoms with Crippen LogP contribution >= 0.6 is 0 Å². The van der Waals surface area contributed by atoms with Crippen molar-refractivity contribution in [2.75, 3.05) is 26.7 Å². The van der Waals surface area contributed by atoms with E-state index in [-0.39, 0.29) is 48.3 Å².